The first-order valence-electron chi connectivity index (χ1n) is 18.5. The summed E-state index contributed by atoms with van der Waals surface area (Å²) in [4.78, 5) is 0. The van der Waals surface area contributed by atoms with Crippen molar-refractivity contribution in [2.45, 2.75) is 12.1 Å². The van der Waals surface area contributed by atoms with Gasteiger partial charge in [0, 0.05) is 17.5 Å². The van der Waals surface area contributed by atoms with Gasteiger partial charge in [0.1, 0.15) is 0 Å². The van der Waals surface area contributed by atoms with Crippen molar-refractivity contribution in [1.29, 1.82) is 0 Å². The average molecular weight is 693 g/mol. The Morgan fingerprint density at radius 2 is 0.852 bits per heavy atom. The minimum absolute atomic E-state index is 0.626. The zero-order valence-corrected chi connectivity index (χ0v) is 29.6. The van der Waals surface area contributed by atoms with Crippen molar-refractivity contribution in [3.8, 4) is 45.0 Å². The summed E-state index contributed by atoms with van der Waals surface area (Å²) in [5.41, 5.74) is 9.74. The second-order valence-electron chi connectivity index (χ2n) is 13.9. The van der Waals surface area contributed by atoms with Gasteiger partial charge in [0.05, 0.1) is 22.8 Å². The first-order chi connectivity index (χ1) is 26.7. The van der Waals surface area contributed by atoms with Crippen molar-refractivity contribution >= 4 is 27.1 Å². The molecule has 0 atom stereocenters. The van der Waals surface area contributed by atoms with Crippen molar-refractivity contribution in [3.63, 3.8) is 0 Å². The molecule has 2 aromatic heterocycles. The monoisotopic (exact) mass is 692 g/mol. The second-order valence-corrected chi connectivity index (χ2v) is 13.9. The van der Waals surface area contributed by atoms with Crippen molar-refractivity contribution in [1.82, 2.24) is 19.6 Å². The smallest absolute Gasteiger partial charge is 0.177 e. The van der Waals surface area contributed by atoms with Crippen molar-refractivity contribution in [3.05, 3.63) is 212 Å². The average Bonchev–Trinajstić information content (AvgIpc) is 3.91. The summed E-state index contributed by atoms with van der Waals surface area (Å²) in [5, 5.41) is 16.0. The molecule has 0 saturated heterocycles. The number of hydrogen-bond donors (Lipinski definition) is 0. The third-order valence-corrected chi connectivity index (χ3v) is 10.7. The Kier molecular flexibility index (Phi) is 7.73. The predicted molar refractivity (Wildman–Crippen MR) is 223 cm³/mol. The highest BCUT2D eigenvalue weighted by atomic mass is 15.5. The van der Waals surface area contributed by atoms with E-state index >= 15 is 0 Å². The zero-order chi connectivity index (χ0) is 35.9. The minimum Gasteiger partial charge on any atom is -0.233 e. The van der Waals surface area contributed by atoms with E-state index < -0.39 is 5.66 Å². The maximum absolute atomic E-state index is 5.62. The fraction of sp³-hybridized carbons (Fsp3) is 0.0400. The van der Waals surface area contributed by atoms with Gasteiger partial charge in [-0.05, 0) is 62.0 Å². The van der Waals surface area contributed by atoms with Gasteiger partial charge in [0.2, 0.25) is 0 Å². The van der Waals surface area contributed by atoms with E-state index in [-0.39, 0.29) is 0 Å². The number of nitrogens with zero attached hydrogens (tertiary/aromatic N) is 4. The molecule has 0 fully saturated rings. The highest BCUT2D eigenvalue weighted by Crippen LogP contribution is 2.43. The number of aromatic nitrogens is 4. The van der Waals surface area contributed by atoms with Gasteiger partial charge in [-0.1, -0.05) is 188 Å². The Labute approximate surface area is 314 Å². The van der Waals surface area contributed by atoms with Crippen LogP contribution in [-0.2, 0) is 5.66 Å². The molecule has 4 nitrogen and oxygen atoms in total. The summed E-state index contributed by atoms with van der Waals surface area (Å²) in [7, 11) is 0. The molecular formula is C50H36N4. The van der Waals surface area contributed by atoms with Gasteiger partial charge in [-0.3, -0.25) is 0 Å². The molecule has 9 aromatic rings. The van der Waals surface area contributed by atoms with Crippen molar-refractivity contribution < 1.29 is 0 Å². The molecule has 2 heterocycles. The minimum atomic E-state index is -0.847. The molecule has 0 radical (unpaired) electrons. The molecule has 0 unspecified atom stereocenters. The van der Waals surface area contributed by atoms with Crippen LogP contribution in [0.3, 0.4) is 0 Å². The molecule has 0 spiro atoms. The maximum Gasteiger partial charge on any atom is 0.177 e. The third-order valence-electron chi connectivity index (χ3n) is 10.7. The van der Waals surface area contributed by atoms with Crippen LogP contribution in [0.25, 0.3) is 72.1 Å². The van der Waals surface area contributed by atoms with Crippen LogP contribution in [0.5, 0.6) is 0 Å². The second kappa shape index (κ2) is 13.2. The van der Waals surface area contributed by atoms with Gasteiger partial charge in [0.15, 0.2) is 5.66 Å². The van der Waals surface area contributed by atoms with Gasteiger partial charge in [-0.2, -0.15) is 10.2 Å². The molecule has 7 aromatic carbocycles. The summed E-state index contributed by atoms with van der Waals surface area (Å²) < 4.78 is 4.45. The molecule has 1 aliphatic rings. The number of hydrogen-bond acceptors (Lipinski definition) is 2. The lowest BCUT2D eigenvalue weighted by molar-refractivity contribution is 0.258. The molecule has 0 N–H and O–H groups in total. The summed E-state index contributed by atoms with van der Waals surface area (Å²) >= 11 is 0. The molecule has 0 amide bonds. The number of allylic oxidation sites excluding steroid dienone is 4. The normalized spacial score (nSPS) is 13.7. The molecule has 0 saturated carbocycles. The van der Waals surface area contributed by atoms with Crippen LogP contribution in [-0.4, -0.2) is 19.6 Å². The summed E-state index contributed by atoms with van der Waals surface area (Å²) in [6, 6.07) is 66.4. The Hall–Kier alpha value is -7.04. The van der Waals surface area contributed by atoms with Crippen molar-refractivity contribution in [2.75, 3.05) is 0 Å². The lowest BCUT2D eigenvalue weighted by Crippen LogP contribution is -2.42. The van der Waals surface area contributed by atoms with Crippen LogP contribution in [0.1, 0.15) is 12.0 Å². The first-order valence-corrected chi connectivity index (χ1v) is 18.5. The van der Waals surface area contributed by atoms with Gasteiger partial charge >= 0.3 is 0 Å². The molecule has 54 heavy (non-hydrogen) atoms. The molecule has 0 bridgehead atoms. The number of fused-ring (bicyclic) bond motifs is 2. The van der Waals surface area contributed by atoms with E-state index in [0.717, 1.165) is 45.0 Å². The van der Waals surface area contributed by atoms with Crippen LogP contribution < -0.4 is 0 Å². The Morgan fingerprint density at radius 1 is 0.426 bits per heavy atom. The topological polar surface area (TPSA) is 35.6 Å². The molecule has 1 aliphatic carbocycles. The van der Waals surface area contributed by atoms with Gasteiger partial charge in [-0.25, -0.2) is 9.36 Å². The fourth-order valence-corrected chi connectivity index (χ4v) is 8.01. The number of rotatable bonds is 7. The first kappa shape index (κ1) is 31.7. The van der Waals surface area contributed by atoms with E-state index in [2.05, 4.69) is 216 Å². The molecule has 10 rings (SSSR count). The van der Waals surface area contributed by atoms with Gasteiger partial charge in [-0.15, -0.1) is 0 Å². The van der Waals surface area contributed by atoms with Crippen LogP contribution >= 0.6 is 0 Å². The number of benzene rings is 7. The highest BCUT2D eigenvalue weighted by molar-refractivity contribution is 5.97. The van der Waals surface area contributed by atoms with Gasteiger partial charge in [0.25, 0.3) is 0 Å². The van der Waals surface area contributed by atoms with Crippen molar-refractivity contribution in [2.24, 2.45) is 0 Å². The third kappa shape index (κ3) is 5.39. The standard InChI is InChI=1S/C50H36N4/c1-4-16-36(17-5-1)37-30-32-50(33-31-37,53-48(40-20-6-2-7-21-40)34-46(51-53)44-28-14-24-38-18-10-12-26-42(38)44)54-49(41-22-8-3-9-23-41)35-47(52-54)45-29-15-25-39-19-11-13-27-43(39)45/h1-32,34-35H,33H2. The fourth-order valence-electron chi connectivity index (χ4n) is 8.01. The SMILES string of the molecule is C1=CC(n2nc(-c3cccc4ccccc34)cc2-c2ccccc2)(n2nc(-c3cccc4ccccc34)cc2-c2ccccc2)CC=C1c1ccccc1. The maximum atomic E-state index is 5.62. The quantitative estimate of drug-likeness (QED) is 0.167. The van der Waals surface area contributed by atoms with E-state index in [1.165, 1.54) is 32.7 Å². The van der Waals surface area contributed by atoms with Crippen LogP contribution in [0.15, 0.2) is 206 Å². The molecule has 0 aliphatic heterocycles. The summed E-state index contributed by atoms with van der Waals surface area (Å²) in [6.07, 6.45) is 7.53. The lowest BCUT2D eigenvalue weighted by Gasteiger charge is -2.36. The highest BCUT2D eigenvalue weighted by Gasteiger charge is 2.39. The predicted octanol–water partition coefficient (Wildman–Crippen LogP) is 12.3. The lowest BCUT2D eigenvalue weighted by atomic mass is 9.92. The largest absolute Gasteiger partial charge is 0.233 e. The molecule has 256 valence electrons. The van der Waals surface area contributed by atoms with Crippen LogP contribution in [0, 0.1) is 0 Å². The van der Waals surface area contributed by atoms with Crippen LogP contribution in [0.4, 0.5) is 0 Å². The van der Waals surface area contributed by atoms with E-state index in [1.807, 2.05) is 0 Å². The summed E-state index contributed by atoms with van der Waals surface area (Å²) in [5.74, 6) is 0. The Morgan fingerprint density at radius 3 is 1.31 bits per heavy atom. The Bertz CT molecular complexity index is 2670. The van der Waals surface area contributed by atoms with E-state index in [1.54, 1.807) is 0 Å². The molecular weight excluding hydrogens is 657 g/mol. The molecule has 4 heteroatoms. The van der Waals surface area contributed by atoms with E-state index in [4.69, 9.17) is 10.2 Å². The zero-order valence-electron chi connectivity index (χ0n) is 29.6. The van der Waals surface area contributed by atoms with E-state index in [9.17, 15) is 0 Å². The van der Waals surface area contributed by atoms with Gasteiger partial charge < -0.3 is 0 Å². The summed E-state index contributed by atoms with van der Waals surface area (Å²) in [6.45, 7) is 0. The Balaban J connectivity index is 1.27. The van der Waals surface area contributed by atoms with E-state index in [0.29, 0.717) is 6.42 Å². The van der Waals surface area contributed by atoms with Crippen LogP contribution in [0.2, 0.25) is 0 Å².